The summed E-state index contributed by atoms with van der Waals surface area (Å²) in [6.45, 7) is 5.53. The first kappa shape index (κ1) is 12.3. The van der Waals surface area contributed by atoms with Crippen LogP contribution < -0.4 is 5.73 Å². The third-order valence-corrected chi connectivity index (χ3v) is 4.95. The lowest BCUT2D eigenvalue weighted by molar-refractivity contribution is 0.196. The topological polar surface area (TPSA) is 95.3 Å². The fraction of sp³-hybridized carbons (Fsp3) is 0.667. The van der Waals surface area contributed by atoms with Crippen molar-refractivity contribution in [1.29, 1.82) is 0 Å². The number of sulfonamides is 1. The van der Waals surface area contributed by atoms with E-state index in [4.69, 9.17) is 5.73 Å². The van der Waals surface area contributed by atoms with Crippen molar-refractivity contribution >= 4 is 15.8 Å². The molecule has 0 aromatic carbocycles. The zero-order chi connectivity index (χ0) is 12.5. The molecule has 1 aromatic rings. The minimum Gasteiger partial charge on any atom is -0.383 e. The van der Waals surface area contributed by atoms with Gasteiger partial charge in [0.1, 0.15) is 10.7 Å². The zero-order valence-electron chi connectivity index (χ0n) is 9.76. The summed E-state index contributed by atoms with van der Waals surface area (Å²) in [6, 6.07) is 0. The SMILES string of the molecule is CCN1CCN(S(=O)(=O)c2cn[nH]c2N)CC1. The Bertz CT molecular complexity index is 475. The predicted octanol–water partition coefficient (Wildman–Crippen LogP) is -0.682. The van der Waals surface area contributed by atoms with Crippen molar-refractivity contribution in [1.82, 2.24) is 19.4 Å². The van der Waals surface area contributed by atoms with Gasteiger partial charge < -0.3 is 10.6 Å². The van der Waals surface area contributed by atoms with E-state index in [-0.39, 0.29) is 10.7 Å². The van der Waals surface area contributed by atoms with Gasteiger partial charge in [-0.2, -0.15) is 9.40 Å². The molecule has 17 heavy (non-hydrogen) atoms. The normalized spacial score (nSPS) is 19.6. The molecule has 0 aliphatic carbocycles. The molecule has 2 heterocycles. The van der Waals surface area contributed by atoms with Crippen LogP contribution in [0.4, 0.5) is 5.82 Å². The lowest BCUT2D eigenvalue weighted by atomic mass is 10.4. The fourth-order valence-electron chi connectivity index (χ4n) is 1.92. The molecule has 0 atom stereocenters. The van der Waals surface area contributed by atoms with Crippen LogP contribution >= 0.6 is 0 Å². The second kappa shape index (κ2) is 4.63. The smallest absolute Gasteiger partial charge is 0.248 e. The Morgan fingerprint density at radius 2 is 2.06 bits per heavy atom. The molecule has 8 heteroatoms. The van der Waals surface area contributed by atoms with Crippen molar-refractivity contribution in [2.45, 2.75) is 11.8 Å². The highest BCUT2D eigenvalue weighted by Crippen LogP contribution is 2.20. The standard InChI is InChI=1S/C9H17N5O2S/c1-2-13-3-5-14(6-4-13)17(15,16)8-7-11-12-9(8)10/h7H,2-6H2,1H3,(H3,10,11,12). The molecule has 1 fully saturated rings. The second-order valence-corrected chi connectivity index (χ2v) is 5.89. The van der Waals surface area contributed by atoms with Crippen molar-refractivity contribution in [3.05, 3.63) is 6.20 Å². The minimum absolute atomic E-state index is 0.0717. The third-order valence-electron chi connectivity index (χ3n) is 3.03. The van der Waals surface area contributed by atoms with Gasteiger partial charge in [0.15, 0.2) is 0 Å². The summed E-state index contributed by atoms with van der Waals surface area (Å²) >= 11 is 0. The molecule has 1 saturated heterocycles. The van der Waals surface area contributed by atoms with Crippen molar-refractivity contribution in [3.63, 3.8) is 0 Å². The summed E-state index contributed by atoms with van der Waals surface area (Å²) in [5.74, 6) is 0.0999. The Kier molecular flexibility index (Phi) is 3.36. The quantitative estimate of drug-likeness (QED) is 0.749. The number of hydrogen-bond acceptors (Lipinski definition) is 5. The Hall–Kier alpha value is -1.12. The molecule has 1 aliphatic heterocycles. The monoisotopic (exact) mass is 259 g/mol. The summed E-state index contributed by atoms with van der Waals surface area (Å²) in [6.07, 6.45) is 1.26. The molecule has 2 rings (SSSR count). The van der Waals surface area contributed by atoms with Crippen molar-refractivity contribution in [2.24, 2.45) is 0 Å². The molecule has 0 spiro atoms. The zero-order valence-corrected chi connectivity index (χ0v) is 10.6. The van der Waals surface area contributed by atoms with Gasteiger partial charge in [-0.3, -0.25) is 5.10 Å². The summed E-state index contributed by atoms with van der Waals surface area (Å²) in [5.41, 5.74) is 5.55. The highest BCUT2D eigenvalue weighted by molar-refractivity contribution is 7.89. The first-order valence-electron chi connectivity index (χ1n) is 5.57. The molecular formula is C9H17N5O2S. The average molecular weight is 259 g/mol. The van der Waals surface area contributed by atoms with Crippen molar-refractivity contribution in [3.8, 4) is 0 Å². The maximum absolute atomic E-state index is 12.2. The van der Waals surface area contributed by atoms with Crippen LogP contribution in [0.1, 0.15) is 6.92 Å². The Morgan fingerprint density at radius 1 is 1.41 bits per heavy atom. The number of aromatic amines is 1. The van der Waals surface area contributed by atoms with Crippen LogP contribution in [0.2, 0.25) is 0 Å². The summed E-state index contributed by atoms with van der Waals surface area (Å²) in [5, 5.41) is 6.09. The van der Waals surface area contributed by atoms with Crippen LogP contribution in [0.15, 0.2) is 11.1 Å². The molecule has 1 aliphatic rings. The van der Waals surface area contributed by atoms with E-state index in [1.165, 1.54) is 10.5 Å². The molecule has 0 unspecified atom stereocenters. The van der Waals surface area contributed by atoms with Gasteiger partial charge in [-0.1, -0.05) is 6.92 Å². The first-order valence-corrected chi connectivity index (χ1v) is 7.01. The second-order valence-electron chi connectivity index (χ2n) is 3.99. The largest absolute Gasteiger partial charge is 0.383 e. The number of hydrogen-bond donors (Lipinski definition) is 2. The van der Waals surface area contributed by atoms with Gasteiger partial charge in [0.05, 0.1) is 6.20 Å². The highest BCUT2D eigenvalue weighted by atomic mass is 32.2. The summed E-state index contributed by atoms with van der Waals surface area (Å²) in [4.78, 5) is 2.28. The van der Waals surface area contributed by atoms with E-state index in [9.17, 15) is 8.42 Å². The third kappa shape index (κ3) is 2.28. The molecule has 96 valence electrons. The molecule has 0 amide bonds. The van der Waals surface area contributed by atoms with E-state index in [2.05, 4.69) is 22.0 Å². The van der Waals surface area contributed by atoms with Gasteiger partial charge in [-0.25, -0.2) is 8.42 Å². The predicted molar refractivity (Wildman–Crippen MR) is 63.9 cm³/mol. The van der Waals surface area contributed by atoms with Crippen molar-refractivity contribution < 1.29 is 8.42 Å². The maximum Gasteiger partial charge on any atom is 0.248 e. The van der Waals surface area contributed by atoms with Crippen LogP contribution in [-0.4, -0.2) is 60.5 Å². The molecule has 0 radical (unpaired) electrons. The van der Waals surface area contributed by atoms with Crippen molar-refractivity contribution in [2.75, 3.05) is 38.5 Å². The Labute approximate surface area is 101 Å². The number of rotatable bonds is 3. The number of likely N-dealkylation sites (N-methyl/N-ethyl adjacent to an activating group) is 1. The molecule has 0 saturated carbocycles. The number of piperazine rings is 1. The van der Waals surface area contributed by atoms with E-state index < -0.39 is 10.0 Å². The van der Waals surface area contributed by atoms with Crippen LogP contribution in [-0.2, 0) is 10.0 Å². The van der Waals surface area contributed by atoms with E-state index in [0.717, 1.165) is 19.6 Å². The molecule has 3 N–H and O–H groups in total. The molecule has 0 bridgehead atoms. The van der Waals surface area contributed by atoms with Crippen LogP contribution in [0.25, 0.3) is 0 Å². The molecular weight excluding hydrogens is 242 g/mol. The Morgan fingerprint density at radius 3 is 2.53 bits per heavy atom. The molecule has 1 aromatic heterocycles. The van der Waals surface area contributed by atoms with Gasteiger partial charge in [-0.05, 0) is 6.54 Å². The van der Waals surface area contributed by atoms with Crippen LogP contribution in [0.5, 0.6) is 0 Å². The van der Waals surface area contributed by atoms with Gasteiger partial charge >= 0.3 is 0 Å². The Balaban J connectivity index is 2.16. The van der Waals surface area contributed by atoms with Gasteiger partial charge in [-0.15, -0.1) is 0 Å². The number of H-pyrrole nitrogens is 1. The van der Waals surface area contributed by atoms with Gasteiger partial charge in [0, 0.05) is 26.2 Å². The number of nitrogens with one attached hydrogen (secondary N) is 1. The van der Waals surface area contributed by atoms with Crippen LogP contribution in [0, 0.1) is 0 Å². The minimum atomic E-state index is -3.49. The fourth-order valence-corrected chi connectivity index (χ4v) is 3.35. The lowest BCUT2D eigenvalue weighted by Gasteiger charge is -2.32. The highest BCUT2D eigenvalue weighted by Gasteiger charge is 2.30. The van der Waals surface area contributed by atoms with Crippen LogP contribution in [0.3, 0.4) is 0 Å². The summed E-state index contributed by atoms with van der Waals surface area (Å²) in [7, 11) is -3.49. The van der Waals surface area contributed by atoms with E-state index in [1.54, 1.807) is 0 Å². The molecule has 7 nitrogen and oxygen atoms in total. The number of nitrogen functional groups attached to an aromatic ring is 1. The number of nitrogens with two attached hydrogens (primary N) is 1. The maximum atomic E-state index is 12.2. The van der Waals surface area contributed by atoms with Gasteiger partial charge in [0.25, 0.3) is 0 Å². The first-order chi connectivity index (χ1) is 8.05. The van der Waals surface area contributed by atoms with E-state index in [0.29, 0.717) is 13.1 Å². The lowest BCUT2D eigenvalue weighted by Crippen LogP contribution is -2.48. The number of aromatic nitrogens is 2. The number of nitrogens with zero attached hydrogens (tertiary/aromatic N) is 3. The average Bonchev–Trinajstić information content (AvgIpc) is 2.76. The number of anilines is 1. The summed E-state index contributed by atoms with van der Waals surface area (Å²) < 4.78 is 25.9. The van der Waals surface area contributed by atoms with E-state index >= 15 is 0 Å². The van der Waals surface area contributed by atoms with E-state index in [1.807, 2.05) is 0 Å². The van der Waals surface area contributed by atoms with Gasteiger partial charge in [0.2, 0.25) is 10.0 Å².